The zero-order valence-corrected chi connectivity index (χ0v) is 8.28. The zero-order chi connectivity index (χ0) is 9.38. The number of hydrogen-bond acceptors (Lipinski definition) is 3. The van der Waals surface area contributed by atoms with Crippen LogP contribution in [0.1, 0.15) is 31.4 Å². The lowest BCUT2D eigenvalue weighted by atomic mass is 9.95. The van der Waals surface area contributed by atoms with Gasteiger partial charge >= 0.3 is 0 Å². The first-order chi connectivity index (χ1) is 6.92. The normalized spacial score (nSPS) is 35.3. The second kappa shape index (κ2) is 3.39. The molecule has 3 unspecified atom stereocenters. The molecule has 3 nitrogen and oxygen atoms in total. The van der Waals surface area contributed by atoms with Crippen molar-refractivity contribution in [3.63, 3.8) is 0 Å². The van der Waals surface area contributed by atoms with Gasteiger partial charge < -0.3 is 9.73 Å². The maximum Gasteiger partial charge on any atom is 0.180 e. The molecule has 1 heterocycles. The Balaban J connectivity index is 1.54. The Morgan fingerprint density at radius 3 is 3.07 bits per heavy atom. The molecule has 2 saturated carbocycles. The molecule has 3 rings (SSSR count). The van der Waals surface area contributed by atoms with E-state index < -0.39 is 0 Å². The third kappa shape index (κ3) is 1.46. The Morgan fingerprint density at radius 2 is 2.43 bits per heavy atom. The molecule has 0 spiro atoms. The van der Waals surface area contributed by atoms with Gasteiger partial charge in [0.25, 0.3) is 0 Å². The van der Waals surface area contributed by atoms with Crippen LogP contribution in [0.25, 0.3) is 0 Å². The summed E-state index contributed by atoms with van der Waals surface area (Å²) in [4.78, 5) is 3.91. The number of oxazole rings is 1. The van der Waals surface area contributed by atoms with Crippen LogP contribution in [-0.2, 0) is 6.54 Å². The molecule has 1 aromatic rings. The van der Waals surface area contributed by atoms with Crippen LogP contribution < -0.4 is 5.32 Å². The standard InChI is InChI=1S/C11H16N2O/c1-2-9-3-8(1)4-11(9)13-6-10-5-12-7-14-10/h5,7-9,11,13H,1-4,6H2. The summed E-state index contributed by atoms with van der Waals surface area (Å²) in [5.74, 6) is 2.89. The molecular weight excluding hydrogens is 176 g/mol. The topological polar surface area (TPSA) is 38.1 Å². The molecule has 0 saturated heterocycles. The summed E-state index contributed by atoms with van der Waals surface area (Å²) < 4.78 is 5.20. The minimum absolute atomic E-state index is 0.735. The van der Waals surface area contributed by atoms with Gasteiger partial charge in [-0.25, -0.2) is 4.98 Å². The van der Waals surface area contributed by atoms with Crippen LogP contribution in [0.2, 0.25) is 0 Å². The van der Waals surface area contributed by atoms with Crippen molar-refractivity contribution in [2.24, 2.45) is 11.8 Å². The number of hydrogen-bond donors (Lipinski definition) is 1. The SMILES string of the molecule is c1ncc(CNC2CC3CCC2C3)o1. The van der Waals surface area contributed by atoms with E-state index in [1.165, 1.54) is 32.1 Å². The first-order valence-corrected chi connectivity index (χ1v) is 5.52. The van der Waals surface area contributed by atoms with E-state index in [2.05, 4.69) is 10.3 Å². The Hall–Kier alpha value is -0.830. The fourth-order valence-corrected chi connectivity index (χ4v) is 3.06. The minimum atomic E-state index is 0.735. The lowest BCUT2D eigenvalue weighted by Crippen LogP contribution is -2.33. The summed E-state index contributed by atoms with van der Waals surface area (Å²) in [5, 5.41) is 3.58. The quantitative estimate of drug-likeness (QED) is 0.795. The summed E-state index contributed by atoms with van der Waals surface area (Å²) in [7, 11) is 0. The summed E-state index contributed by atoms with van der Waals surface area (Å²) in [6.45, 7) is 0.841. The van der Waals surface area contributed by atoms with Crippen LogP contribution in [0.3, 0.4) is 0 Å². The van der Waals surface area contributed by atoms with Crippen LogP contribution in [0.4, 0.5) is 0 Å². The summed E-state index contributed by atoms with van der Waals surface area (Å²) >= 11 is 0. The van der Waals surface area contributed by atoms with Crippen molar-refractivity contribution in [3.8, 4) is 0 Å². The highest BCUT2D eigenvalue weighted by Gasteiger charge is 2.38. The van der Waals surface area contributed by atoms with E-state index in [1.807, 2.05) is 0 Å². The van der Waals surface area contributed by atoms with E-state index in [-0.39, 0.29) is 0 Å². The van der Waals surface area contributed by atoms with E-state index in [0.29, 0.717) is 0 Å². The lowest BCUT2D eigenvalue weighted by Gasteiger charge is -2.22. The number of aromatic nitrogens is 1. The smallest absolute Gasteiger partial charge is 0.180 e. The van der Waals surface area contributed by atoms with Crippen LogP contribution in [-0.4, -0.2) is 11.0 Å². The Morgan fingerprint density at radius 1 is 1.43 bits per heavy atom. The largest absolute Gasteiger partial charge is 0.447 e. The van der Waals surface area contributed by atoms with Gasteiger partial charge in [-0.15, -0.1) is 0 Å². The summed E-state index contributed by atoms with van der Waals surface area (Å²) in [6, 6.07) is 0.735. The van der Waals surface area contributed by atoms with Gasteiger partial charge in [0.15, 0.2) is 6.39 Å². The van der Waals surface area contributed by atoms with E-state index in [4.69, 9.17) is 4.42 Å². The Labute approximate surface area is 83.9 Å². The highest BCUT2D eigenvalue weighted by Crippen LogP contribution is 2.44. The molecule has 14 heavy (non-hydrogen) atoms. The molecule has 3 heteroatoms. The molecule has 0 aromatic carbocycles. The minimum Gasteiger partial charge on any atom is -0.447 e. The van der Waals surface area contributed by atoms with Gasteiger partial charge in [-0.3, -0.25) is 0 Å². The predicted octanol–water partition coefficient (Wildman–Crippen LogP) is 1.95. The van der Waals surface area contributed by atoms with Crippen molar-refractivity contribution < 1.29 is 4.42 Å². The second-order valence-electron chi connectivity index (χ2n) is 4.63. The van der Waals surface area contributed by atoms with Gasteiger partial charge in [-0.05, 0) is 31.1 Å². The Bertz CT molecular complexity index is 296. The number of fused-ring (bicyclic) bond motifs is 2. The predicted molar refractivity (Wildman–Crippen MR) is 52.6 cm³/mol. The van der Waals surface area contributed by atoms with Gasteiger partial charge in [-0.1, -0.05) is 6.42 Å². The maximum atomic E-state index is 5.20. The van der Waals surface area contributed by atoms with Crippen LogP contribution >= 0.6 is 0 Å². The monoisotopic (exact) mass is 192 g/mol. The van der Waals surface area contributed by atoms with Gasteiger partial charge in [0.2, 0.25) is 0 Å². The lowest BCUT2D eigenvalue weighted by molar-refractivity contribution is 0.337. The molecule has 76 valence electrons. The van der Waals surface area contributed by atoms with Crippen molar-refractivity contribution in [2.45, 2.75) is 38.3 Å². The van der Waals surface area contributed by atoms with E-state index in [9.17, 15) is 0 Å². The molecule has 2 aliphatic rings. The molecule has 2 aliphatic carbocycles. The average Bonchev–Trinajstić information content (AvgIpc) is 2.91. The fourth-order valence-electron chi connectivity index (χ4n) is 3.06. The molecule has 1 aromatic heterocycles. The molecule has 2 fully saturated rings. The van der Waals surface area contributed by atoms with Crippen LogP contribution in [0.15, 0.2) is 17.0 Å². The van der Waals surface area contributed by atoms with Gasteiger partial charge in [0, 0.05) is 6.04 Å². The van der Waals surface area contributed by atoms with Crippen LogP contribution in [0.5, 0.6) is 0 Å². The molecular formula is C11H16N2O. The molecule has 1 N–H and O–H groups in total. The maximum absolute atomic E-state index is 5.20. The average molecular weight is 192 g/mol. The first kappa shape index (κ1) is 8.48. The third-order valence-corrected chi connectivity index (χ3v) is 3.76. The fraction of sp³-hybridized carbons (Fsp3) is 0.727. The third-order valence-electron chi connectivity index (χ3n) is 3.76. The van der Waals surface area contributed by atoms with Crippen molar-refractivity contribution in [1.29, 1.82) is 0 Å². The molecule has 2 bridgehead atoms. The number of rotatable bonds is 3. The van der Waals surface area contributed by atoms with Gasteiger partial charge in [0.05, 0.1) is 12.7 Å². The van der Waals surface area contributed by atoms with Crippen molar-refractivity contribution in [3.05, 3.63) is 18.4 Å². The second-order valence-corrected chi connectivity index (χ2v) is 4.63. The molecule has 0 radical (unpaired) electrons. The summed E-state index contributed by atoms with van der Waals surface area (Å²) in [5.41, 5.74) is 0. The van der Waals surface area contributed by atoms with Crippen LogP contribution in [0, 0.1) is 11.8 Å². The van der Waals surface area contributed by atoms with Crippen molar-refractivity contribution >= 4 is 0 Å². The van der Waals surface area contributed by atoms with Gasteiger partial charge in [-0.2, -0.15) is 0 Å². The highest BCUT2D eigenvalue weighted by atomic mass is 16.3. The molecule has 0 aliphatic heterocycles. The molecule has 0 amide bonds. The van der Waals surface area contributed by atoms with Crippen molar-refractivity contribution in [2.75, 3.05) is 0 Å². The van der Waals surface area contributed by atoms with E-state index in [0.717, 1.165) is 30.2 Å². The van der Waals surface area contributed by atoms with E-state index in [1.54, 1.807) is 6.20 Å². The molecule has 3 atom stereocenters. The van der Waals surface area contributed by atoms with E-state index >= 15 is 0 Å². The zero-order valence-electron chi connectivity index (χ0n) is 8.28. The number of nitrogens with one attached hydrogen (secondary N) is 1. The Kier molecular flexibility index (Phi) is 2.05. The van der Waals surface area contributed by atoms with Crippen molar-refractivity contribution in [1.82, 2.24) is 10.3 Å². The summed E-state index contributed by atoms with van der Waals surface area (Å²) in [6.07, 6.45) is 9.01. The highest BCUT2D eigenvalue weighted by molar-refractivity contribution is 4.96. The first-order valence-electron chi connectivity index (χ1n) is 5.52. The van der Waals surface area contributed by atoms with Gasteiger partial charge in [0.1, 0.15) is 5.76 Å². The number of nitrogens with zero attached hydrogens (tertiary/aromatic N) is 1.